The van der Waals surface area contributed by atoms with Crippen molar-refractivity contribution in [1.29, 1.82) is 0 Å². The minimum atomic E-state index is -0.151. The van der Waals surface area contributed by atoms with Crippen molar-refractivity contribution in [2.75, 3.05) is 19.0 Å². The summed E-state index contributed by atoms with van der Waals surface area (Å²) in [6.45, 7) is 1.16. The molecule has 54 valence electrons. The molecule has 1 aliphatic heterocycles. The number of aliphatic hydroxyl groups is 1. The molecule has 1 fully saturated rings. The fourth-order valence-corrected chi connectivity index (χ4v) is 1.47. The Labute approximate surface area is 60.2 Å². The van der Waals surface area contributed by atoms with Crippen molar-refractivity contribution in [2.45, 2.75) is 18.4 Å². The normalized spacial score (nSPS) is 35.3. The Balaban J connectivity index is 2.45. The summed E-state index contributed by atoms with van der Waals surface area (Å²) in [5.74, 6) is 0.517. The van der Waals surface area contributed by atoms with Crippen LogP contribution in [-0.2, 0) is 0 Å². The highest BCUT2D eigenvalue weighted by Gasteiger charge is 2.31. The van der Waals surface area contributed by atoms with Crippen LogP contribution in [0.2, 0.25) is 0 Å². The molecule has 2 N–H and O–H groups in total. The van der Waals surface area contributed by atoms with Crippen LogP contribution in [-0.4, -0.2) is 29.7 Å². The summed E-state index contributed by atoms with van der Waals surface area (Å²) in [4.78, 5) is 0. The zero-order valence-electron chi connectivity index (χ0n) is 5.36. The first kappa shape index (κ1) is 7.32. The molecule has 2 nitrogen and oxygen atoms in total. The van der Waals surface area contributed by atoms with Gasteiger partial charge in [-0.1, -0.05) is 0 Å². The molecule has 1 rings (SSSR count). The third-order valence-electron chi connectivity index (χ3n) is 1.89. The lowest BCUT2D eigenvalue weighted by Crippen LogP contribution is -2.45. The largest absolute Gasteiger partial charge is 0.394 e. The quantitative estimate of drug-likeness (QED) is 0.555. The molecule has 1 unspecified atom stereocenters. The van der Waals surface area contributed by atoms with Gasteiger partial charge in [-0.3, -0.25) is 0 Å². The first-order valence-electron chi connectivity index (χ1n) is 3.25. The van der Waals surface area contributed by atoms with Crippen molar-refractivity contribution in [2.24, 2.45) is 0 Å². The van der Waals surface area contributed by atoms with Gasteiger partial charge in [-0.2, -0.15) is 0 Å². The summed E-state index contributed by atoms with van der Waals surface area (Å²) in [6, 6.07) is 0. The van der Waals surface area contributed by atoms with E-state index in [-0.39, 0.29) is 12.1 Å². The van der Waals surface area contributed by atoms with E-state index in [1.54, 1.807) is 0 Å². The van der Waals surface area contributed by atoms with Gasteiger partial charge in [0.25, 0.3) is 0 Å². The Kier molecular flexibility index (Phi) is 2.33. The molecule has 0 amide bonds. The van der Waals surface area contributed by atoms with E-state index in [0.29, 0.717) is 5.88 Å². The van der Waals surface area contributed by atoms with Crippen molar-refractivity contribution in [3.05, 3.63) is 0 Å². The van der Waals surface area contributed by atoms with Gasteiger partial charge in [0.05, 0.1) is 12.1 Å². The number of nitrogens with one attached hydrogen (secondary N) is 1. The van der Waals surface area contributed by atoms with Crippen LogP contribution in [0.1, 0.15) is 12.8 Å². The molecular weight excluding hydrogens is 138 g/mol. The molecule has 1 saturated heterocycles. The van der Waals surface area contributed by atoms with Crippen molar-refractivity contribution in [3.63, 3.8) is 0 Å². The number of aliphatic hydroxyl groups excluding tert-OH is 1. The Bertz CT molecular complexity index is 85.1. The van der Waals surface area contributed by atoms with Crippen LogP contribution in [0.4, 0.5) is 0 Å². The van der Waals surface area contributed by atoms with Crippen LogP contribution < -0.4 is 5.32 Å². The van der Waals surface area contributed by atoms with Crippen molar-refractivity contribution >= 4 is 11.6 Å². The molecule has 1 heterocycles. The van der Waals surface area contributed by atoms with Crippen LogP contribution in [0.3, 0.4) is 0 Å². The summed E-state index contributed by atoms with van der Waals surface area (Å²) in [5, 5.41) is 12.1. The predicted molar refractivity (Wildman–Crippen MR) is 37.8 cm³/mol. The Morgan fingerprint density at radius 1 is 1.67 bits per heavy atom. The predicted octanol–water partition coefficient (Wildman–Crippen LogP) is 0.340. The summed E-state index contributed by atoms with van der Waals surface area (Å²) >= 11 is 5.64. The fraction of sp³-hybridized carbons (Fsp3) is 1.00. The molecule has 0 bridgehead atoms. The van der Waals surface area contributed by atoms with E-state index in [1.165, 1.54) is 0 Å². The number of hydrogen-bond donors (Lipinski definition) is 2. The smallest absolute Gasteiger partial charge is 0.0625 e. The average Bonchev–Trinajstić information content (AvgIpc) is 2.36. The second kappa shape index (κ2) is 2.86. The molecule has 0 aliphatic carbocycles. The minimum absolute atomic E-state index is 0.151. The lowest BCUT2D eigenvalue weighted by Gasteiger charge is -2.23. The molecular formula is C6H12ClNO. The zero-order chi connectivity index (χ0) is 6.74. The zero-order valence-corrected chi connectivity index (χ0v) is 6.12. The van der Waals surface area contributed by atoms with E-state index in [9.17, 15) is 0 Å². The highest BCUT2D eigenvalue weighted by Crippen LogP contribution is 2.19. The van der Waals surface area contributed by atoms with Crippen molar-refractivity contribution < 1.29 is 5.11 Å². The van der Waals surface area contributed by atoms with E-state index in [4.69, 9.17) is 16.7 Å². The maximum Gasteiger partial charge on any atom is 0.0625 e. The first-order chi connectivity index (χ1) is 4.33. The van der Waals surface area contributed by atoms with Crippen LogP contribution in [0, 0.1) is 0 Å². The molecule has 0 radical (unpaired) electrons. The molecule has 0 spiro atoms. The SMILES string of the molecule is OCC1(CCl)CCCN1. The van der Waals surface area contributed by atoms with Gasteiger partial charge in [0.1, 0.15) is 0 Å². The van der Waals surface area contributed by atoms with Gasteiger partial charge < -0.3 is 10.4 Å². The maximum atomic E-state index is 8.87. The number of alkyl halides is 1. The third kappa shape index (κ3) is 1.37. The van der Waals surface area contributed by atoms with Gasteiger partial charge in [0.2, 0.25) is 0 Å². The minimum Gasteiger partial charge on any atom is -0.394 e. The molecule has 0 saturated carbocycles. The van der Waals surface area contributed by atoms with Crippen LogP contribution in [0.25, 0.3) is 0 Å². The maximum absolute atomic E-state index is 8.87. The van der Waals surface area contributed by atoms with Gasteiger partial charge in [-0.25, -0.2) is 0 Å². The number of halogens is 1. The van der Waals surface area contributed by atoms with Crippen LogP contribution in [0.15, 0.2) is 0 Å². The highest BCUT2D eigenvalue weighted by atomic mass is 35.5. The molecule has 1 aliphatic rings. The van der Waals surface area contributed by atoms with E-state index < -0.39 is 0 Å². The second-order valence-corrected chi connectivity index (χ2v) is 2.87. The summed E-state index contributed by atoms with van der Waals surface area (Å²) in [6.07, 6.45) is 2.14. The van der Waals surface area contributed by atoms with Gasteiger partial charge in [0, 0.05) is 5.88 Å². The van der Waals surface area contributed by atoms with Crippen molar-refractivity contribution in [3.8, 4) is 0 Å². The molecule has 0 aromatic carbocycles. The number of rotatable bonds is 2. The topological polar surface area (TPSA) is 32.3 Å². The van der Waals surface area contributed by atoms with Crippen molar-refractivity contribution in [1.82, 2.24) is 5.32 Å². The fourth-order valence-electron chi connectivity index (χ4n) is 1.16. The second-order valence-electron chi connectivity index (χ2n) is 2.60. The first-order valence-corrected chi connectivity index (χ1v) is 3.78. The van der Waals surface area contributed by atoms with E-state index in [2.05, 4.69) is 5.32 Å². The van der Waals surface area contributed by atoms with E-state index in [1.807, 2.05) is 0 Å². The molecule has 9 heavy (non-hydrogen) atoms. The summed E-state index contributed by atoms with van der Waals surface area (Å²) < 4.78 is 0. The van der Waals surface area contributed by atoms with Crippen LogP contribution >= 0.6 is 11.6 Å². The van der Waals surface area contributed by atoms with Gasteiger partial charge in [-0.05, 0) is 19.4 Å². The van der Waals surface area contributed by atoms with Crippen LogP contribution in [0.5, 0.6) is 0 Å². The summed E-state index contributed by atoms with van der Waals surface area (Å²) in [7, 11) is 0. The van der Waals surface area contributed by atoms with Gasteiger partial charge in [0.15, 0.2) is 0 Å². The third-order valence-corrected chi connectivity index (χ3v) is 2.40. The Morgan fingerprint density at radius 3 is 2.67 bits per heavy atom. The monoisotopic (exact) mass is 149 g/mol. The highest BCUT2D eigenvalue weighted by molar-refractivity contribution is 6.18. The van der Waals surface area contributed by atoms with E-state index >= 15 is 0 Å². The molecule has 0 aromatic rings. The van der Waals surface area contributed by atoms with Gasteiger partial charge in [-0.15, -0.1) is 11.6 Å². The molecule has 0 aromatic heterocycles. The lowest BCUT2D eigenvalue weighted by molar-refractivity contribution is 0.195. The summed E-state index contributed by atoms with van der Waals surface area (Å²) in [5.41, 5.74) is -0.151. The Hall–Kier alpha value is 0.210. The van der Waals surface area contributed by atoms with Gasteiger partial charge >= 0.3 is 0 Å². The lowest BCUT2D eigenvalue weighted by atomic mass is 10.0. The average molecular weight is 150 g/mol. The molecule has 3 heteroatoms. The number of hydrogen-bond acceptors (Lipinski definition) is 2. The van der Waals surface area contributed by atoms with E-state index in [0.717, 1.165) is 19.4 Å². The standard InChI is InChI=1S/C6H12ClNO/c7-4-6(5-9)2-1-3-8-6/h8-9H,1-5H2. The Morgan fingerprint density at radius 2 is 2.44 bits per heavy atom. The molecule has 1 atom stereocenters.